The van der Waals surface area contributed by atoms with Crippen LogP contribution in [0.3, 0.4) is 0 Å². The van der Waals surface area contributed by atoms with Gasteiger partial charge in [0.05, 0.1) is 17.7 Å². The number of esters is 2. The highest BCUT2D eigenvalue weighted by Gasteiger charge is 2.12. The zero-order valence-corrected chi connectivity index (χ0v) is 19.5. The van der Waals surface area contributed by atoms with E-state index < -0.39 is 5.97 Å². The zero-order valence-electron chi connectivity index (χ0n) is 19.5. The van der Waals surface area contributed by atoms with Crippen LogP contribution in [-0.4, -0.2) is 25.6 Å². The molecule has 0 heterocycles. The van der Waals surface area contributed by atoms with Gasteiger partial charge in [-0.3, -0.25) is 0 Å². The summed E-state index contributed by atoms with van der Waals surface area (Å²) < 4.78 is 10.7. The maximum atomic E-state index is 12.3. The molecule has 1 N–H and O–H groups in total. The Morgan fingerprint density at radius 2 is 1.19 bits per heavy atom. The van der Waals surface area contributed by atoms with Crippen molar-refractivity contribution in [3.05, 3.63) is 59.7 Å². The van der Waals surface area contributed by atoms with Gasteiger partial charge in [0.15, 0.2) is 0 Å². The molecule has 2 rings (SSSR count). The number of rotatable bonds is 15. The molecular weight excluding hydrogens is 402 g/mol. The van der Waals surface area contributed by atoms with Crippen molar-refractivity contribution in [1.29, 1.82) is 0 Å². The Labute approximate surface area is 192 Å². The molecule has 32 heavy (non-hydrogen) atoms. The van der Waals surface area contributed by atoms with Crippen molar-refractivity contribution in [2.45, 2.75) is 71.1 Å². The molecule has 0 amide bonds. The van der Waals surface area contributed by atoms with Crippen LogP contribution in [0.1, 0.15) is 91.8 Å². The predicted molar refractivity (Wildman–Crippen MR) is 130 cm³/mol. The van der Waals surface area contributed by atoms with Gasteiger partial charge in [0.1, 0.15) is 5.75 Å². The number of hydrogen-bond donors (Lipinski definition) is 1. The number of nitrogens with one attached hydrogen (secondary N) is 1. The molecule has 0 atom stereocenters. The fourth-order valence-corrected chi connectivity index (χ4v) is 3.44. The summed E-state index contributed by atoms with van der Waals surface area (Å²) >= 11 is 0. The van der Waals surface area contributed by atoms with Crippen molar-refractivity contribution in [3.8, 4) is 5.75 Å². The smallest absolute Gasteiger partial charge is 0.343 e. The van der Waals surface area contributed by atoms with Gasteiger partial charge in [-0.1, -0.05) is 64.7 Å². The maximum Gasteiger partial charge on any atom is 0.343 e. The van der Waals surface area contributed by atoms with Gasteiger partial charge in [0, 0.05) is 12.7 Å². The molecule has 0 aliphatic carbocycles. The van der Waals surface area contributed by atoms with Crippen molar-refractivity contribution in [2.75, 3.05) is 19.0 Å². The summed E-state index contributed by atoms with van der Waals surface area (Å²) in [6.07, 6.45) is 12.4. The SMILES string of the molecule is CCCCCCCCCCCCOC(=O)c1ccc(C(=O)Oc2ccc(NC)cc2)cc1. The molecule has 0 radical (unpaired) electrons. The lowest BCUT2D eigenvalue weighted by molar-refractivity contribution is 0.0497. The van der Waals surface area contributed by atoms with E-state index >= 15 is 0 Å². The summed E-state index contributed by atoms with van der Waals surface area (Å²) in [6.45, 7) is 2.67. The minimum Gasteiger partial charge on any atom is -0.462 e. The van der Waals surface area contributed by atoms with E-state index in [-0.39, 0.29) is 5.97 Å². The van der Waals surface area contributed by atoms with E-state index in [1.807, 2.05) is 19.2 Å². The van der Waals surface area contributed by atoms with E-state index in [2.05, 4.69) is 12.2 Å². The number of carbonyl (C=O) groups is 2. The van der Waals surface area contributed by atoms with Gasteiger partial charge in [-0.25, -0.2) is 9.59 Å². The summed E-state index contributed by atoms with van der Waals surface area (Å²) in [5, 5.41) is 3.01. The number of ether oxygens (including phenoxy) is 2. The zero-order chi connectivity index (χ0) is 23.0. The standard InChI is InChI=1S/C27H37NO4/c1-3-4-5-6-7-8-9-10-11-12-21-31-26(29)22-13-15-23(16-14-22)27(30)32-25-19-17-24(28-2)18-20-25/h13-20,28H,3-12,21H2,1-2H3. The van der Waals surface area contributed by atoms with Gasteiger partial charge in [0.25, 0.3) is 0 Å². The molecule has 5 nitrogen and oxygen atoms in total. The minimum atomic E-state index is -0.465. The van der Waals surface area contributed by atoms with Crippen molar-refractivity contribution in [3.63, 3.8) is 0 Å². The number of benzene rings is 2. The van der Waals surface area contributed by atoms with Crippen molar-refractivity contribution >= 4 is 17.6 Å². The van der Waals surface area contributed by atoms with Crippen molar-refractivity contribution < 1.29 is 19.1 Å². The molecule has 0 aliphatic heterocycles. The van der Waals surface area contributed by atoms with Crippen LogP contribution < -0.4 is 10.1 Å². The van der Waals surface area contributed by atoms with Crippen LogP contribution >= 0.6 is 0 Å². The first-order valence-electron chi connectivity index (χ1n) is 11.9. The van der Waals surface area contributed by atoms with Crippen LogP contribution in [-0.2, 0) is 4.74 Å². The van der Waals surface area contributed by atoms with E-state index in [9.17, 15) is 9.59 Å². The first-order valence-corrected chi connectivity index (χ1v) is 11.9. The average Bonchev–Trinajstić information content (AvgIpc) is 2.83. The van der Waals surface area contributed by atoms with Crippen LogP contribution in [0.25, 0.3) is 0 Å². The largest absolute Gasteiger partial charge is 0.462 e. The Morgan fingerprint density at radius 3 is 1.72 bits per heavy atom. The molecular formula is C27H37NO4. The van der Waals surface area contributed by atoms with E-state index in [1.54, 1.807) is 36.4 Å². The molecule has 0 aromatic heterocycles. The maximum absolute atomic E-state index is 12.3. The number of hydrogen-bond acceptors (Lipinski definition) is 5. The lowest BCUT2D eigenvalue weighted by atomic mass is 10.1. The third kappa shape index (κ3) is 9.54. The second-order valence-corrected chi connectivity index (χ2v) is 8.06. The Bertz CT molecular complexity index is 799. The molecule has 174 valence electrons. The highest BCUT2D eigenvalue weighted by molar-refractivity contribution is 5.94. The topological polar surface area (TPSA) is 64.6 Å². The van der Waals surface area contributed by atoms with Crippen molar-refractivity contribution in [1.82, 2.24) is 0 Å². The summed E-state index contributed by atoms with van der Waals surface area (Å²) in [5.74, 6) is -0.357. The molecule has 0 unspecified atom stereocenters. The molecule has 0 bridgehead atoms. The van der Waals surface area contributed by atoms with Crippen LogP contribution in [0.5, 0.6) is 5.75 Å². The van der Waals surface area contributed by atoms with Crippen molar-refractivity contribution in [2.24, 2.45) is 0 Å². The van der Waals surface area contributed by atoms with Gasteiger partial charge in [-0.05, 0) is 55.0 Å². The lowest BCUT2D eigenvalue weighted by Crippen LogP contribution is -2.10. The number of unbranched alkanes of at least 4 members (excludes halogenated alkanes) is 9. The summed E-state index contributed by atoms with van der Waals surface area (Å²) in [5.41, 5.74) is 1.76. The Hall–Kier alpha value is -2.82. The van der Waals surface area contributed by atoms with Gasteiger partial charge in [-0.2, -0.15) is 0 Å². The fraction of sp³-hybridized carbons (Fsp3) is 0.481. The molecule has 0 aliphatic rings. The Morgan fingerprint density at radius 1 is 0.688 bits per heavy atom. The van der Waals surface area contributed by atoms with Crippen LogP contribution in [0, 0.1) is 0 Å². The first-order chi connectivity index (χ1) is 15.6. The molecule has 2 aromatic carbocycles. The summed E-state index contributed by atoms with van der Waals surface area (Å²) in [7, 11) is 1.82. The molecule has 2 aromatic rings. The van der Waals surface area contributed by atoms with E-state index in [1.165, 1.54) is 51.4 Å². The second-order valence-electron chi connectivity index (χ2n) is 8.06. The van der Waals surface area contributed by atoms with E-state index in [0.29, 0.717) is 23.5 Å². The number of anilines is 1. The average molecular weight is 440 g/mol. The highest BCUT2D eigenvalue weighted by Crippen LogP contribution is 2.17. The Kier molecular flexibility index (Phi) is 12.0. The van der Waals surface area contributed by atoms with Gasteiger partial charge in [0.2, 0.25) is 0 Å². The fourth-order valence-electron chi connectivity index (χ4n) is 3.44. The first kappa shape index (κ1) is 25.4. The van der Waals surface area contributed by atoms with Crippen LogP contribution in [0.2, 0.25) is 0 Å². The normalized spacial score (nSPS) is 10.6. The quantitative estimate of drug-likeness (QED) is 0.183. The monoisotopic (exact) mass is 439 g/mol. The van der Waals surface area contributed by atoms with Gasteiger partial charge in [-0.15, -0.1) is 0 Å². The summed E-state index contributed by atoms with van der Waals surface area (Å²) in [6, 6.07) is 13.5. The molecule has 0 spiro atoms. The number of carbonyl (C=O) groups excluding carboxylic acids is 2. The minimum absolute atomic E-state index is 0.358. The third-order valence-corrected chi connectivity index (χ3v) is 5.44. The Balaban J connectivity index is 1.62. The highest BCUT2D eigenvalue weighted by atomic mass is 16.5. The predicted octanol–water partition coefficient (Wildman–Crippen LogP) is 7.03. The lowest BCUT2D eigenvalue weighted by Gasteiger charge is -2.07. The van der Waals surface area contributed by atoms with Crippen LogP contribution in [0.15, 0.2) is 48.5 Å². The summed E-state index contributed by atoms with van der Waals surface area (Å²) in [4.78, 5) is 24.5. The third-order valence-electron chi connectivity index (χ3n) is 5.44. The molecule has 0 saturated carbocycles. The van der Waals surface area contributed by atoms with Gasteiger partial charge >= 0.3 is 11.9 Å². The second kappa shape index (κ2) is 15.1. The van der Waals surface area contributed by atoms with Gasteiger partial charge < -0.3 is 14.8 Å². The van der Waals surface area contributed by atoms with Crippen LogP contribution in [0.4, 0.5) is 5.69 Å². The molecule has 5 heteroatoms. The van der Waals surface area contributed by atoms with E-state index in [4.69, 9.17) is 9.47 Å². The molecule has 0 saturated heterocycles. The van der Waals surface area contributed by atoms with E-state index in [0.717, 1.165) is 18.5 Å². The molecule has 0 fully saturated rings.